The number of rotatable bonds is 2. The molecule has 10 heavy (non-hydrogen) atoms. The molecule has 1 heteroatoms. The van der Waals surface area contributed by atoms with E-state index in [1.165, 1.54) is 6.42 Å². The lowest BCUT2D eigenvalue weighted by molar-refractivity contribution is 0.294. The Kier molecular flexibility index (Phi) is 13.4. The summed E-state index contributed by atoms with van der Waals surface area (Å²) in [5.74, 6) is 0.884. The molecule has 0 atom stereocenters. The average molecular weight is 142 g/mol. The molecule has 0 aromatic rings. The van der Waals surface area contributed by atoms with Crippen LogP contribution in [0.4, 0.5) is 0 Å². The molecule has 0 aromatic heterocycles. The summed E-state index contributed by atoms with van der Waals surface area (Å²) in [7, 11) is 1.63. The fourth-order valence-electron chi connectivity index (χ4n) is 0.234. The van der Waals surface area contributed by atoms with Gasteiger partial charge in [-0.2, -0.15) is 0 Å². The zero-order valence-electron chi connectivity index (χ0n) is 7.48. The van der Waals surface area contributed by atoms with Gasteiger partial charge in [-0.3, -0.25) is 0 Å². The highest BCUT2D eigenvalue weighted by Gasteiger charge is 1.74. The van der Waals surface area contributed by atoms with Gasteiger partial charge in [0.2, 0.25) is 0 Å². The molecule has 0 spiro atoms. The standard InChI is InChI=1S/C6H10O.C3H8/c1-4-5-6(2)7-3;1-3-2/h4-5H,1H2,2-3H3;3H2,1-2H3/b6-5+;. The largest absolute Gasteiger partial charge is 0.501 e. The monoisotopic (exact) mass is 142 g/mol. The Morgan fingerprint density at radius 1 is 1.50 bits per heavy atom. The van der Waals surface area contributed by atoms with E-state index >= 15 is 0 Å². The third-order valence-electron chi connectivity index (χ3n) is 0.675. The van der Waals surface area contributed by atoms with Gasteiger partial charge in [0, 0.05) is 0 Å². The molecule has 0 aliphatic rings. The van der Waals surface area contributed by atoms with Gasteiger partial charge in [-0.15, -0.1) is 0 Å². The summed E-state index contributed by atoms with van der Waals surface area (Å²) in [4.78, 5) is 0. The minimum absolute atomic E-state index is 0.884. The van der Waals surface area contributed by atoms with E-state index in [-0.39, 0.29) is 0 Å². The van der Waals surface area contributed by atoms with Crippen LogP contribution in [0.3, 0.4) is 0 Å². The van der Waals surface area contributed by atoms with E-state index in [9.17, 15) is 0 Å². The zero-order chi connectivity index (χ0) is 8.41. The highest BCUT2D eigenvalue weighted by atomic mass is 16.5. The molecule has 0 amide bonds. The summed E-state index contributed by atoms with van der Waals surface area (Å²) in [5.41, 5.74) is 0. The summed E-state index contributed by atoms with van der Waals surface area (Å²) in [6, 6.07) is 0. The van der Waals surface area contributed by atoms with Crippen LogP contribution in [0.1, 0.15) is 27.2 Å². The molecule has 0 saturated carbocycles. The minimum Gasteiger partial charge on any atom is -0.501 e. The molecule has 0 aromatic carbocycles. The predicted molar refractivity (Wildman–Crippen MR) is 46.9 cm³/mol. The SMILES string of the molecule is C=C/C=C(\C)OC.CCC. The molecule has 0 unspecified atom stereocenters. The first kappa shape index (κ1) is 12.0. The Labute approximate surface area is 64.4 Å². The Morgan fingerprint density at radius 2 is 1.90 bits per heavy atom. The van der Waals surface area contributed by atoms with E-state index in [2.05, 4.69) is 20.4 Å². The Balaban J connectivity index is 0. The first-order valence-electron chi connectivity index (χ1n) is 3.56. The van der Waals surface area contributed by atoms with Crippen LogP contribution in [-0.2, 0) is 4.74 Å². The van der Waals surface area contributed by atoms with Crippen LogP contribution in [0.2, 0.25) is 0 Å². The van der Waals surface area contributed by atoms with Crippen molar-refractivity contribution in [1.29, 1.82) is 0 Å². The summed E-state index contributed by atoms with van der Waals surface area (Å²) >= 11 is 0. The summed E-state index contributed by atoms with van der Waals surface area (Å²) in [6.07, 6.45) is 4.75. The third kappa shape index (κ3) is 15.7. The van der Waals surface area contributed by atoms with Crippen molar-refractivity contribution in [1.82, 2.24) is 0 Å². The molecular weight excluding hydrogens is 124 g/mol. The second kappa shape index (κ2) is 11.1. The van der Waals surface area contributed by atoms with E-state index in [4.69, 9.17) is 4.74 Å². The maximum absolute atomic E-state index is 4.78. The van der Waals surface area contributed by atoms with E-state index in [0.29, 0.717) is 0 Å². The van der Waals surface area contributed by atoms with Gasteiger partial charge in [0.15, 0.2) is 0 Å². The Hall–Kier alpha value is -0.720. The Morgan fingerprint density at radius 3 is 2.00 bits per heavy atom. The van der Waals surface area contributed by atoms with E-state index < -0.39 is 0 Å². The summed E-state index contributed by atoms with van der Waals surface area (Å²) < 4.78 is 4.78. The minimum atomic E-state index is 0.884. The third-order valence-corrected chi connectivity index (χ3v) is 0.675. The van der Waals surface area contributed by atoms with Crippen molar-refractivity contribution in [2.75, 3.05) is 7.11 Å². The van der Waals surface area contributed by atoms with Crippen LogP contribution < -0.4 is 0 Å². The molecule has 0 radical (unpaired) electrons. The normalized spacial score (nSPS) is 9.40. The number of ether oxygens (including phenoxy) is 1. The quantitative estimate of drug-likeness (QED) is 0.425. The number of hydrogen-bond donors (Lipinski definition) is 0. The van der Waals surface area contributed by atoms with Crippen LogP contribution in [0.15, 0.2) is 24.5 Å². The molecule has 0 bridgehead atoms. The Bertz CT molecular complexity index is 92.9. The molecule has 1 nitrogen and oxygen atoms in total. The van der Waals surface area contributed by atoms with Crippen molar-refractivity contribution in [2.45, 2.75) is 27.2 Å². The van der Waals surface area contributed by atoms with Crippen molar-refractivity contribution in [3.63, 3.8) is 0 Å². The fraction of sp³-hybridized carbons (Fsp3) is 0.556. The fourth-order valence-corrected chi connectivity index (χ4v) is 0.234. The van der Waals surface area contributed by atoms with Gasteiger partial charge in [0.05, 0.1) is 12.9 Å². The molecule has 0 saturated heterocycles. The van der Waals surface area contributed by atoms with Crippen molar-refractivity contribution >= 4 is 0 Å². The topological polar surface area (TPSA) is 9.23 Å². The van der Waals surface area contributed by atoms with Crippen molar-refractivity contribution in [3.05, 3.63) is 24.5 Å². The second-order valence-electron chi connectivity index (χ2n) is 1.92. The first-order chi connectivity index (χ1) is 4.72. The highest BCUT2D eigenvalue weighted by Crippen LogP contribution is 1.89. The molecule has 0 aliphatic carbocycles. The second-order valence-corrected chi connectivity index (χ2v) is 1.92. The van der Waals surface area contributed by atoms with Crippen molar-refractivity contribution < 1.29 is 4.74 Å². The highest BCUT2D eigenvalue weighted by molar-refractivity contribution is 5.01. The van der Waals surface area contributed by atoms with Crippen LogP contribution in [0.25, 0.3) is 0 Å². The van der Waals surface area contributed by atoms with Gasteiger partial charge in [-0.1, -0.05) is 32.9 Å². The van der Waals surface area contributed by atoms with Gasteiger partial charge in [-0.25, -0.2) is 0 Å². The molecule has 0 heterocycles. The van der Waals surface area contributed by atoms with Gasteiger partial charge >= 0.3 is 0 Å². The molecule has 0 aliphatic heterocycles. The number of methoxy groups -OCH3 is 1. The van der Waals surface area contributed by atoms with Gasteiger partial charge < -0.3 is 4.74 Å². The molecule has 60 valence electrons. The van der Waals surface area contributed by atoms with Gasteiger partial charge in [0.1, 0.15) is 0 Å². The number of allylic oxidation sites excluding steroid dienone is 3. The molecule has 0 rings (SSSR count). The average Bonchev–Trinajstić information content (AvgIpc) is 1.90. The van der Waals surface area contributed by atoms with E-state index in [0.717, 1.165) is 5.76 Å². The van der Waals surface area contributed by atoms with Gasteiger partial charge in [0.25, 0.3) is 0 Å². The van der Waals surface area contributed by atoms with Crippen LogP contribution in [0, 0.1) is 0 Å². The maximum Gasteiger partial charge on any atom is 0.0924 e. The molecule has 0 N–H and O–H groups in total. The lowest BCUT2D eigenvalue weighted by atomic mass is 10.5. The first-order valence-corrected chi connectivity index (χ1v) is 3.56. The van der Waals surface area contributed by atoms with Crippen molar-refractivity contribution in [3.8, 4) is 0 Å². The number of hydrogen-bond acceptors (Lipinski definition) is 1. The lowest BCUT2D eigenvalue weighted by Crippen LogP contribution is -1.74. The smallest absolute Gasteiger partial charge is 0.0924 e. The molecular formula is C9H18O. The molecule has 0 fully saturated rings. The zero-order valence-corrected chi connectivity index (χ0v) is 7.48. The predicted octanol–water partition coefficient (Wildman–Crippen LogP) is 3.14. The summed E-state index contributed by atoms with van der Waals surface area (Å²) in [5, 5.41) is 0. The summed E-state index contributed by atoms with van der Waals surface area (Å²) in [6.45, 7) is 9.62. The van der Waals surface area contributed by atoms with Gasteiger partial charge in [-0.05, 0) is 13.0 Å². The van der Waals surface area contributed by atoms with Crippen LogP contribution >= 0.6 is 0 Å². The van der Waals surface area contributed by atoms with E-state index in [1.807, 2.05) is 6.92 Å². The van der Waals surface area contributed by atoms with Crippen molar-refractivity contribution in [2.24, 2.45) is 0 Å². The maximum atomic E-state index is 4.78. The van der Waals surface area contributed by atoms with E-state index in [1.54, 1.807) is 19.3 Å². The lowest BCUT2D eigenvalue weighted by Gasteiger charge is -1.92. The van der Waals surface area contributed by atoms with Crippen LogP contribution in [0.5, 0.6) is 0 Å². The van der Waals surface area contributed by atoms with Crippen LogP contribution in [-0.4, -0.2) is 7.11 Å².